The van der Waals surface area contributed by atoms with Gasteiger partial charge in [-0.1, -0.05) is 0 Å². The first-order valence-corrected chi connectivity index (χ1v) is 7.00. The minimum atomic E-state index is -1.06. The summed E-state index contributed by atoms with van der Waals surface area (Å²) in [7, 11) is 0. The lowest BCUT2D eigenvalue weighted by Gasteiger charge is -2.26. The molecule has 2 heterocycles. The van der Waals surface area contributed by atoms with Crippen molar-refractivity contribution in [3.8, 4) is 0 Å². The number of nitrogens with zero attached hydrogens (tertiary/aromatic N) is 3. The van der Waals surface area contributed by atoms with Crippen LogP contribution in [0.1, 0.15) is 10.5 Å². The van der Waals surface area contributed by atoms with Crippen LogP contribution in [0.5, 0.6) is 0 Å². The number of anilines is 1. The Morgan fingerprint density at radius 3 is 2.78 bits per heavy atom. The van der Waals surface area contributed by atoms with E-state index < -0.39 is 5.97 Å². The second kappa shape index (κ2) is 6.55. The third-order valence-electron chi connectivity index (χ3n) is 2.71. The Balaban J connectivity index is 1.74. The Hall–Kier alpha value is -1.34. The molecule has 0 atom stereocenters. The molecule has 6 nitrogen and oxygen atoms in total. The summed E-state index contributed by atoms with van der Waals surface area (Å²) in [6.07, 6.45) is 2.72. The highest BCUT2D eigenvalue weighted by molar-refractivity contribution is 7.99. The van der Waals surface area contributed by atoms with Crippen LogP contribution >= 0.6 is 11.8 Å². The van der Waals surface area contributed by atoms with Crippen molar-refractivity contribution in [1.82, 2.24) is 14.9 Å². The smallest absolute Gasteiger partial charge is 0.356 e. The topological polar surface area (TPSA) is 78.3 Å². The lowest BCUT2D eigenvalue weighted by atomic mass is 10.4. The molecule has 0 spiro atoms. The van der Waals surface area contributed by atoms with Gasteiger partial charge in [-0.25, -0.2) is 14.8 Å². The largest absolute Gasteiger partial charge is 0.476 e. The minimum Gasteiger partial charge on any atom is -0.476 e. The number of hydrogen-bond acceptors (Lipinski definition) is 6. The molecule has 0 saturated carbocycles. The number of carboxylic acid groups (broad SMARTS) is 1. The summed E-state index contributed by atoms with van der Waals surface area (Å²) >= 11 is 1.99. The molecular weight excluding hydrogens is 252 g/mol. The van der Waals surface area contributed by atoms with Crippen LogP contribution in [-0.4, -0.2) is 63.6 Å². The highest BCUT2D eigenvalue weighted by Gasteiger charge is 2.09. The highest BCUT2D eigenvalue weighted by Crippen LogP contribution is 2.08. The van der Waals surface area contributed by atoms with Crippen molar-refractivity contribution in [3.05, 3.63) is 18.1 Å². The molecule has 0 aliphatic carbocycles. The van der Waals surface area contributed by atoms with Crippen molar-refractivity contribution in [2.45, 2.75) is 0 Å². The lowest BCUT2D eigenvalue weighted by molar-refractivity contribution is 0.0690. The van der Waals surface area contributed by atoms with Gasteiger partial charge in [0.2, 0.25) is 0 Å². The lowest BCUT2D eigenvalue weighted by Crippen LogP contribution is -2.36. The van der Waals surface area contributed by atoms with Gasteiger partial charge in [0.25, 0.3) is 0 Å². The van der Waals surface area contributed by atoms with Crippen molar-refractivity contribution in [2.24, 2.45) is 0 Å². The molecule has 1 aromatic heterocycles. The molecule has 1 aliphatic rings. The van der Waals surface area contributed by atoms with E-state index in [2.05, 4.69) is 20.2 Å². The number of carbonyl (C=O) groups is 1. The molecule has 0 aromatic carbocycles. The SMILES string of the molecule is O=C(O)c1cnc(NCCN2CCSCC2)cn1. The monoisotopic (exact) mass is 268 g/mol. The van der Waals surface area contributed by atoms with Gasteiger partial charge in [-0.15, -0.1) is 0 Å². The Labute approximate surface area is 110 Å². The van der Waals surface area contributed by atoms with Gasteiger partial charge in [-0.2, -0.15) is 11.8 Å². The van der Waals surface area contributed by atoms with Crippen molar-refractivity contribution < 1.29 is 9.90 Å². The van der Waals surface area contributed by atoms with Crippen LogP contribution in [0, 0.1) is 0 Å². The number of nitrogens with one attached hydrogen (secondary N) is 1. The average Bonchev–Trinajstić information content (AvgIpc) is 2.40. The van der Waals surface area contributed by atoms with Crippen LogP contribution < -0.4 is 5.32 Å². The molecule has 1 aromatic rings. The number of hydrogen-bond donors (Lipinski definition) is 2. The van der Waals surface area contributed by atoms with E-state index in [0.29, 0.717) is 5.82 Å². The zero-order valence-electron chi connectivity index (χ0n) is 10.0. The van der Waals surface area contributed by atoms with Crippen LogP contribution in [0.3, 0.4) is 0 Å². The zero-order valence-corrected chi connectivity index (χ0v) is 10.8. The second-order valence-corrected chi connectivity index (χ2v) is 5.20. The Morgan fingerprint density at radius 2 is 2.17 bits per heavy atom. The van der Waals surface area contributed by atoms with Crippen molar-refractivity contribution in [3.63, 3.8) is 0 Å². The molecule has 2 N–H and O–H groups in total. The van der Waals surface area contributed by atoms with E-state index in [1.807, 2.05) is 11.8 Å². The van der Waals surface area contributed by atoms with E-state index in [1.165, 1.54) is 23.9 Å². The highest BCUT2D eigenvalue weighted by atomic mass is 32.2. The number of aromatic nitrogens is 2. The summed E-state index contributed by atoms with van der Waals surface area (Å²) in [5.41, 5.74) is -0.0337. The maximum atomic E-state index is 10.6. The first-order chi connectivity index (χ1) is 8.75. The third kappa shape index (κ3) is 3.85. The molecule has 2 rings (SSSR count). The van der Waals surface area contributed by atoms with Gasteiger partial charge >= 0.3 is 5.97 Å². The Kier molecular flexibility index (Phi) is 4.77. The molecular formula is C11H16N4O2S. The van der Waals surface area contributed by atoms with E-state index in [1.54, 1.807) is 0 Å². The van der Waals surface area contributed by atoms with Crippen LogP contribution in [0.15, 0.2) is 12.4 Å². The maximum Gasteiger partial charge on any atom is 0.356 e. The Bertz CT molecular complexity index is 393. The quantitative estimate of drug-likeness (QED) is 0.811. The molecule has 0 unspecified atom stereocenters. The predicted molar refractivity (Wildman–Crippen MR) is 71.2 cm³/mol. The normalized spacial score (nSPS) is 16.4. The molecule has 1 saturated heterocycles. The molecule has 0 bridgehead atoms. The second-order valence-electron chi connectivity index (χ2n) is 3.97. The number of carboxylic acids is 1. The van der Waals surface area contributed by atoms with Crippen LogP contribution in [0.25, 0.3) is 0 Å². The molecule has 1 aliphatic heterocycles. The van der Waals surface area contributed by atoms with Crippen LogP contribution in [-0.2, 0) is 0 Å². The molecule has 98 valence electrons. The van der Waals surface area contributed by atoms with E-state index in [9.17, 15) is 4.79 Å². The van der Waals surface area contributed by atoms with Crippen LogP contribution in [0.4, 0.5) is 5.82 Å². The maximum absolute atomic E-state index is 10.6. The fourth-order valence-electron chi connectivity index (χ4n) is 1.70. The summed E-state index contributed by atoms with van der Waals surface area (Å²) in [4.78, 5) is 20.8. The first-order valence-electron chi connectivity index (χ1n) is 5.85. The summed E-state index contributed by atoms with van der Waals surface area (Å²) in [5, 5.41) is 11.8. The zero-order chi connectivity index (χ0) is 12.8. The van der Waals surface area contributed by atoms with Gasteiger partial charge in [-0.3, -0.25) is 4.90 Å². The molecule has 1 fully saturated rings. The third-order valence-corrected chi connectivity index (χ3v) is 3.65. The van der Waals surface area contributed by atoms with Crippen molar-refractivity contribution in [2.75, 3.05) is 43.0 Å². The van der Waals surface area contributed by atoms with Gasteiger partial charge in [-0.05, 0) is 0 Å². The van der Waals surface area contributed by atoms with Crippen molar-refractivity contribution >= 4 is 23.5 Å². The van der Waals surface area contributed by atoms with E-state index in [0.717, 1.165) is 26.2 Å². The summed E-state index contributed by atoms with van der Waals surface area (Å²) in [6, 6.07) is 0. The molecule has 0 amide bonds. The molecule has 0 radical (unpaired) electrons. The standard InChI is InChI=1S/C11H16N4O2S/c16-11(17)9-7-14-10(8-13-9)12-1-2-15-3-5-18-6-4-15/h7-8H,1-6H2,(H,12,14)(H,16,17). The van der Waals surface area contributed by atoms with E-state index in [-0.39, 0.29) is 5.69 Å². The van der Waals surface area contributed by atoms with E-state index in [4.69, 9.17) is 5.11 Å². The first kappa shape index (κ1) is 13.1. The van der Waals surface area contributed by atoms with Gasteiger partial charge in [0.05, 0.1) is 12.4 Å². The average molecular weight is 268 g/mol. The fourth-order valence-corrected chi connectivity index (χ4v) is 2.68. The van der Waals surface area contributed by atoms with Gasteiger partial charge in [0.1, 0.15) is 5.82 Å². The van der Waals surface area contributed by atoms with Crippen LogP contribution in [0.2, 0.25) is 0 Å². The fraction of sp³-hybridized carbons (Fsp3) is 0.545. The summed E-state index contributed by atoms with van der Waals surface area (Å²) < 4.78 is 0. The number of thioether (sulfide) groups is 1. The molecule has 7 heteroatoms. The predicted octanol–water partition coefficient (Wildman–Crippen LogP) is 0.635. The van der Waals surface area contributed by atoms with Gasteiger partial charge in [0.15, 0.2) is 5.69 Å². The van der Waals surface area contributed by atoms with Gasteiger partial charge < -0.3 is 10.4 Å². The van der Waals surface area contributed by atoms with Gasteiger partial charge in [0, 0.05) is 37.7 Å². The summed E-state index contributed by atoms with van der Waals surface area (Å²) in [5.74, 6) is 1.96. The minimum absolute atomic E-state index is 0.0337. The van der Waals surface area contributed by atoms with Crippen molar-refractivity contribution in [1.29, 1.82) is 0 Å². The Morgan fingerprint density at radius 1 is 1.39 bits per heavy atom. The number of rotatable bonds is 5. The molecule has 18 heavy (non-hydrogen) atoms. The number of aromatic carboxylic acids is 1. The summed E-state index contributed by atoms with van der Waals surface area (Å²) in [6.45, 7) is 4.04. The van der Waals surface area contributed by atoms with E-state index >= 15 is 0 Å².